The lowest BCUT2D eigenvalue weighted by Gasteiger charge is -2.06. The van der Waals surface area contributed by atoms with Crippen molar-refractivity contribution in [1.29, 1.82) is 0 Å². The summed E-state index contributed by atoms with van der Waals surface area (Å²) in [6.07, 6.45) is 2.79. The van der Waals surface area contributed by atoms with Gasteiger partial charge in [-0.3, -0.25) is 0 Å². The van der Waals surface area contributed by atoms with Crippen molar-refractivity contribution in [1.82, 2.24) is 0 Å². The molecule has 0 radical (unpaired) electrons. The minimum Gasteiger partial charge on any atom is -0.393 e. The van der Waals surface area contributed by atoms with Crippen LogP contribution < -0.4 is 0 Å². The molecule has 0 aliphatic heterocycles. The average Bonchev–Trinajstić information content (AvgIpc) is 2.58. The number of thiophene rings is 1. The van der Waals surface area contributed by atoms with E-state index < -0.39 is 0 Å². The summed E-state index contributed by atoms with van der Waals surface area (Å²) in [5.41, 5.74) is 1.23. The Hall–Kier alpha value is -0.0500. The van der Waals surface area contributed by atoms with Crippen LogP contribution in [0, 0.1) is 0 Å². The number of rotatable bonds is 1. The van der Waals surface area contributed by atoms with Gasteiger partial charge in [-0.05, 0) is 42.2 Å². The Labute approximate surface area is 81.0 Å². The first-order chi connectivity index (χ1) is 5.77. The van der Waals surface area contributed by atoms with Crippen LogP contribution in [-0.4, -0.2) is 11.2 Å². The summed E-state index contributed by atoms with van der Waals surface area (Å²) in [7, 11) is 0. The third kappa shape index (κ3) is 1.51. The summed E-state index contributed by atoms with van der Waals surface area (Å²) in [5.74, 6) is 0.499. The zero-order chi connectivity index (χ0) is 8.55. The molecule has 0 saturated heterocycles. The molecule has 0 bridgehead atoms. The van der Waals surface area contributed by atoms with E-state index in [1.165, 1.54) is 5.56 Å². The van der Waals surface area contributed by atoms with Gasteiger partial charge in [-0.15, -0.1) is 11.3 Å². The normalized spacial score (nSPS) is 29.5. The molecule has 1 fully saturated rings. The smallest absolute Gasteiger partial charge is 0.0963 e. The Morgan fingerprint density at radius 2 is 2.33 bits per heavy atom. The third-order valence-corrected chi connectivity index (χ3v) is 3.69. The summed E-state index contributed by atoms with van der Waals surface area (Å²) in [6, 6.07) is 2.08. The van der Waals surface area contributed by atoms with Gasteiger partial charge in [-0.25, -0.2) is 0 Å². The Bertz CT molecular complexity index is 271. The van der Waals surface area contributed by atoms with Crippen molar-refractivity contribution in [2.75, 3.05) is 0 Å². The molecule has 1 aliphatic rings. The van der Waals surface area contributed by atoms with Crippen LogP contribution in [0.2, 0.25) is 4.34 Å². The van der Waals surface area contributed by atoms with Crippen molar-refractivity contribution >= 4 is 22.9 Å². The number of hydrogen-bond acceptors (Lipinski definition) is 2. The highest BCUT2D eigenvalue weighted by molar-refractivity contribution is 7.14. The predicted octanol–water partition coefficient (Wildman–Crippen LogP) is 3.03. The standard InChI is InChI=1S/C9H11ClOS/c10-9-8(3-4-12-9)6-1-2-7(11)5-6/h3-4,6-7,11H,1-2,5H2. The fourth-order valence-electron chi connectivity index (χ4n) is 1.84. The zero-order valence-electron chi connectivity index (χ0n) is 6.66. The highest BCUT2D eigenvalue weighted by Gasteiger charge is 2.25. The molecule has 2 atom stereocenters. The monoisotopic (exact) mass is 202 g/mol. The molecule has 1 aromatic heterocycles. The molecule has 12 heavy (non-hydrogen) atoms. The van der Waals surface area contributed by atoms with E-state index in [9.17, 15) is 5.11 Å². The van der Waals surface area contributed by atoms with E-state index in [2.05, 4.69) is 6.07 Å². The minimum atomic E-state index is -0.106. The van der Waals surface area contributed by atoms with Gasteiger partial charge in [-0.2, -0.15) is 0 Å². The van der Waals surface area contributed by atoms with E-state index in [0.29, 0.717) is 5.92 Å². The van der Waals surface area contributed by atoms with Gasteiger partial charge < -0.3 is 5.11 Å². The molecule has 0 amide bonds. The quantitative estimate of drug-likeness (QED) is 0.743. The number of hydrogen-bond donors (Lipinski definition) is 1. The first-order valence-electron chi connectivity index (χ1n) is 4.18. The van der Waals surface area contributed by atoms with Crippen LogP contribution in [0.3, 0.4) is 0 Å². The van der Waals surface area contributed by atoms with Crippen LogP contribution >= 0.6 is 22.9 Å². The molecule has 2 rings (SSSR count). The van der Waals surface area contributed by atoms with Gasteiger partial charge in [0.25, 0.3) is 0 Å². The van der Waals surface area contributed by atoms with E-state index in [0.717, 1.165) is 23.6 Å². The van der Waals surface area contributed by atoms with Crippen LogP contribution in [-0.2, 0) is 0 Å². The molecule has 1 saturated carbocycles. The third-order valence-electron chi connectivity index (χ3n) is 2.49. The van der Waals surface area contributed by atoms with E-state index in [4.69, 9.17) is 11.6 Å². The highest BCUT2D eigenvalue weighted by Crippen LogP contribution is 2.39. The lowest BCUT2D eigenvalue weighted by molar-refractivity contribution is 0.181. The second-order valence-corrected chi connectivity index (χ2v) is 4.83. The van der Waals surface area contributed by atoms with Gasteiger partial charge in [0.05, 0.1) is 10.4 Å². The Kier molecular flexibility index (Phi) is 2.40. The number of aliphatic hydroxyl groups excluding tert-OH is 1. The van der Waals surface area contributed by atoms with Crippen LogP contribution in [0.15, 0.2) is 11.4 Å². The first-order valence-corrected chi connectivity index (χ1v) is 5.44. The van der Waals surface area contributed by atoms with Crippen LogP contribution in [0.1, 0.15) is 30.7 Å². The van der Waals surface area contributed by atoms with Gasteiger partial charge in [0.2, 0.25) is 0 Å². The molecule has 2 unspecified atom stereocenters. The maximum absolute atomic E-state index is 9.35. The molecule has 1 N–H and O–H groups in total. The van der Waals surface area contributed by atoms with Crippen molar-refractivity contribution < 1.29 is 5.11 Å². The van der Waals surface area contributed by atoms with E-state index >= 15 is 0 Å². The van der Waals surface area contributed by atoms with Crippen LogP contribution in [0.4, 0.5) is 0 Å². The maximum atomic E-state index is 9.35. The van der Waals surface area contributed by atoms with Crippen molar-refractivity contribution in [2.24, 2.45) is 0 Å². The summed E-state index contributed by atoms with van der Waals surface area (Å²) in [6.45, 7) is 0. The molecule has 1 heterocycles. The predicted molar refractivity (Wildman–Crippen MR) is 51.9 cm³/mol. The molecule has 1 aromatic rings. The summed E-state index contributed by atoms with van der Waals surface area (Å²) in [4.78, 5) is 0. The largest absolute Gasteiger partial charge is 0.393 e. The number of halogens is 1. The Morgan fingerprint density at radius 3 is 2.83 bits per heavy atom. The molecule has 66 valence electrons. The van der Waals surface area contributed by atoms with E-state index in [1.54, 1.807) is 11.3 Å². The highest BCUT2D eigenvalue weighted by atomic mass is 35.5. The van der Waals surface area contributed by atoms with Crippen LogP contribution in [0.25, 0.3) is 0 Å². The maximum Gasteiger partial charge on any atom is 0.0963 e. The van der Waals surface area contributed by atoms with Gasteiger partial charge in [-0.1, -0.05) is 11.6 Å². The lowest BCUT2D eigenvalue weighted by atomic mass is 10.0. The van der Waals surface area contributed by atoms with Crippen molar-refractivity contribution in [3.05, 3.63) is 21.3 Å². The molecule has 1 aliphatic carbocycles. The van der Waals surface area contributed by atoms with Gasteiger partial charge in [0.1, 0.15) is 0 Å². The molecule has 0 aromatic carbocycles. The van der Waals surface area contributed by atoms with Gasteiger partial charge in [0.15, 0.2) is 0 Å². The van der Waals surface area contributed by atoms with Crippen molar-refractivity contribution in [3.8, 4) is 0 Å². The minimum absolute atomic E-state index is 0.106. The fraction of sp³-hybridized carbons (Fsp3) is 0.556. The second kappa shape index (κ2) is 3.36. The second-order valence-electron chi connectivity index (χ2n) is 3.31. The Morgan fingerprint density at radius 1 is 1.50 bits per heavy atom. The molecule has 1 nitrogen and oxygen atoms in total. The lowest BCUT2D eigenvalue weighted by Crippen LogP contribution is -1.98. The fourth-order valence-corrected chi connectivity index (χ4v) is 2.91. The molecular weight excluding hydrogens is 192 g/mol. The van der Waals surface area contributed by atoms with Crippen LogP contribution in [0.5, 0.6) is 0 Å². The van der Waals surface area contributed by atoms with Crippen molar-refractivity contribution in [2.45, 2.75) is 31.3 Å². The van der Waals surface area contributed by atoms with Gasteiger partial charge >= 0.3 is 0 Å². The van der Waals surface area contributed by atoms with Crippen molar-refractivity contribution in [3.63, 3.8) is 0 Å². The van der Waals surface area contributed by atoms with Gasteiger partial charge in [0, 0.05) is 0 Å². The number of aliphatic hydroxyl groups is 1. The Balaban J connectivity index is 2.16. The topological polar surface area (TPSA) is 20.2 Å². The summed E-state index contributed by atoms with van der Waals surface area (Å²) < 4.78 is 0.897. The molecule has 0 spiro atoms. The summed E-state index contributed by atoms with van der Waals surface area (Å²) in [5, 5.41) is 11.4. The average molecular weight is 203 g/mol. The zero-order valence-corrected chi connectivity index (χ0v) is 8.24. The first kappa shape index (κ1) is 8.54. The summed E-state index contributed by atoms with van der Waals surface area (Å²) >= 11 is 7.58. The van der Waals surface area contributed by atoms with E-state index in [1.807, 2.05) is 5.38 Å². The SMILES string of the molecule is OC1CCC(c2ccsc2Cl)C1. The van der Waals surface area contributed by atoms with E-state index in [-0.39, 0.29) is 6.10 Å². The molecular formula is C9H11ClOS. The molecule has 3 heteroatoms.